The van der Waals surface area contributed by atoms with Gasteiger partial charge in [0.15, 0.2) is 0 Å². The Hall–Kier alpha value is -1.89. The molecule has 0 bridgehead atoms. The lowest BCUT2D eigenvalue weighted by Crippen LogP contribution is -2.54. The van der Waals surface area contributed by atoms with E-state index in [0.717, 1.165) is 0 Å². The highest BCUT2D eigenvalue weighted by atomic mass is 32.1. The van der Waals surface area contributed by atoms with E-state index in [1.807, 2.05) is 19.2 Å². The minimum absolute atomic E-state index is 0.0168. The Labute approximate surface area is 134 Å². The van der Waals surface area contributed by atoms with Gasteiger partial charge in [-0.3, -0.25) is 14.4 Å². The van der Waals surface area contributed by atoms with Gasteiger partial charge in [0.25, 0.3) is 5.91 Å². The lowest BCUT2D eigenvalue weighted by atomic mass is 10.2. The molecule has 3 amide bonds. The zero-order valence-electron chi connectivity index (χ0n) is 12.9. The molecular weight excluding hydrogens is 302 g/mol. The van der Waals surface area contributed by atoms with E-state index in [1.54, 1.807) is 21.2 Å². The minimum Gasteiger partial charge on any atom is -0.351 e. The number of amides is 3. The first-order valence-electron chi connectivity index (χ1n) is 7.36. The summed E-state index contributed by atoms with van der Waals surface area (Å²) in [5.74, 6) is -0.283. The molecule has 6 nitrogen and oxygen atoms in total. The topological polar surface area (TPSA) is 69.7 Å². The fourth-order valence-corrected chi connectivity index (χ4v) is 3.02. The molecule has 2 rings (SSSR count). The highest BCUT2D eigenvalue weighted by molar-refractivity contribution is 7.08. The normalized spacial score (nSPS) is 15.3. The van der Waals surface area contributed by atoms with Crippen LogP contribution in [0.1, 0.15) is 30.6 Å². The van der Waals surface area contributed by atoms with Crippen LogP contribution in [0.5, 0.6) is 0 Å². The second-order valence-electron chi connectivity index (χ2n) is 5.51. The van der Waals surface area contributed by atoms with Crippen LogP contribution in [0.4, 0.5) is 0 Å². The van der Waals surface area contributed by atoms with Crippen molar-refractivity contribution in [1.29, 1.82) is 0 Å². The molecule has 1 N–H and O–H groups in total. The van der Waals surface area contributed by atoms with Gasteiger partial charge in [0, 0.05) is 43.0 Å². The Balaban J connectivity index is 1.74. The average molecular weight is 323 g/mol. The first-order valence-corrected chi connectivity index (χ1v) is 8.31. The van der Waals surface area contributed by atoms with Crippen LogP contribution in [0.3, 0.4) is 0 Å². The van der Waals surface area contributed by atoms with E-state index in [4.69, 9.17) is 0 Å². The maximum atomic E-state index is 12.1. The largest absolute Gasteiger partial charge is 0.351 e. The van der Waals surface area contributed by atoms with Gasteiger partial charge in [-0.05, 0) is 25.3 Å². The maximum Gasteiger partial charge on any atom is 0.252 e. The van der Waals surface area contributed by atoms with E-state index in [0.29, 0.717) is 18.7 Å². The zero-order valence-corrected chi connectivity index (χ0v) is 13.7. The molecule has 0 saturated carbocycles. The molecule has 0 aliphatic carbocycles. The molecule has 0 atom stereocenters. The second-order valence-corrected chi connectivity index (χ2v) is 6.29. The Kier molecular flexibility index (Phi) is 5.54. The Morgan fingerprint density at radius 1 is 1.36 bits per heavy atom. The molecule has 7 heteroatoms. The third kappa shape index (κ3) is 4.07. The van der Waals surface area contributed by atoms with Crippen molar-refractivity contribution in [2.45, 2.75) is 26.3 Å². The Morgan fingerprint density at radius 3 is 2.73 bits per heavy atom. The number of nitrogens with one attached hydrogen (secondary N) is 1. The average Bonchev–Trinajstić information content (AvgIpc) is 3.00. The summed E-state index contributed by atoms with van der Waals surface area (Å²) in [7, 11) is 0. The summed E-state index contributed by atoms with van der Waals surface area (Å²) < 4.78 is 0. The molecule has 120 valence electrons. The zero-order chi connectivity index (χ0) is 16.1. The summed E-state index contributed by atoms with van der Waals surface area (Å²) in [6.07, 6.45) is 0.213. The van der Waals surface area contributed by atoms with E-state index in [1.165, 1.54) is 11.3 Å². The van der Waals surface area contributed by atoms with Crippen molar-refractivity contribution in [3.63, 3.8) is 0 Å². The molecule has 1 aromatic rings. The van der Waals surface area contributed by atoms with E-state index in [2.05, 4.69) is 5.32 Å². The van der Waals surface area contributed by atoms with Crippen LogP contribution < -0.4 is 5.32 Å². The van der Waals surface area contributed by atoms with Gasteiger partial charge in [0.1, 0.15) is 0 Å². The highest BCUT2D eigenvalue weighted by Gasteiger charge is 2.28. The van der Waals surface area contributed by atoms with Crippen molar-refractivity contribution in [3.8, 4) is 0 Å². The van der Waals surface area contributed by atoms with Gasteiger partial charge < -0.3 is 15.1 Å². The number of rotatable bonds is 5. The Morgan fingerprint density at radius 2 is 2.14 bits per heavy atom. The fourth-order valence-electron chi connectivity index (χ4n) is 2.38. The van der Waals surface area contributed by atoms with Crippen molar-refractivity contribution >= 4 is 29.1 Å². The first-order chi connectivity index (χ1) is 10.5. The summed E-state index contributed by atoms with van der Waals surface area (Å²) in [5, 5.41) is 6.32. The van der Waals surface area contributed by atoms with Gasteiger partial charge >= 0.3 is 0 Å². The Bertz CT molecular complexity index is 542. The number of carbonyl (C=O) groups is 3. The van der Waals surface area contributed by atoms with Gasteiger partial charge in [-0.15, -0.1) is 0 Å². The molecule has 1 fully saturated rings. The monoisotopic (exact) mass is 323 g/mol. The van der Waals surface area contributed by atoms with Crippen LogP contribution in [-0.2, 0) is 9.59 Å². The number of thiophene rings is 1. The van der Waals surface area contributed by atoms with Gasteiger partial charge in [-0.1, -0.05) is 0 Å². The van der Waals surface area contributed by atoms with Crippen molar-refractivity contribution in [1.82, 2.24) is 15.1 Å². The molecule has 0 radical (unpaired) electrons. The lowest BCUT2D eigenvalue weighted by molar-refractivity contribution is -0.146. The van der Waals surface area contributed by atoms with Gasteiger partial charge in [0.2, 0.25) is 11.8 Å². The molecule has 2 heterocycles. The third-order valence-corrected chi connectivity index (χ3v) is 4.32. The predicted octanol–water partition coefficient (Wildman–Crippen LogP) is 0.947. The molecule has 1 saturated heterocycles. The van der Waals surface area contributed by atoms with Crippen LogP contribution in [0.25, 0.3) is 0 Å². The van der Waals surface area contributed by atoms with Crippen LogP contribution in [0.2, 0.25) is 0 Å². The minimum atomic E-state index is -0.172. The summed E-state index contributed by atoms with van der Waals surface area (Å²) in [6.45, 7) is 5.48. The van der Waals surface area contributed by atoms with E-state index >= 15 is 0 Å². The molecular formula is C15H21N3O3S. The molecule has 0 aromatic carbocycles. The molecule has 0 spiro atoms. The molecule has 1 aromatic heterocycles. The van der Waals surface area contributed by atoms with Crippen molar-refractivity contribution < 1.29 is 14.4 Å². The summed E-state index contributed by atoms with van der Waals surface area (Å²) in [4.78, 5) is 39.1. The van der Waals surface area contributed by atoms with Crippen molar-refractivity contribution in [2.24, 2.45) is 0 Å². The number of hydrogen-bond donors (Lipinski definition) is 1. The van der Waals surface area contributed by atoms with Crippen molar-refractivity contribution in [2.75, 3.05) is 26.2 Å². The number of nitrogens with zero attached hydrogens (tertiary/aromatic N) is 2. The van der Waals surface area contributed by atoms with E-state index in [9.17, 15) is 14.4 Å². The second kappa shape index (κ2) is 7.40. The maximum absolute atomic E-state index is 12.1. The smallest absolute Gasteiger partial charge is 0.252 e. The van der Waals surface area contributed by atoms with Crippen LogP contribution in [-0.4, -0.2) is 59.7 Å². The van der Waals surface area contributed by atoms with Crippen LogP contribution in [0.15, 0.2) is 16.8 Å². The molecule has 1 aliphatic rings. The summed E-state index contributed by atoms with van der Waals surface area (Å²) in [6, 6.07) is 1.90. The van der Waals surface area contributed by atoms with Gasteiger partial charge in [-0.25, -0.2) is 0 Å². The van der Waals surface area contributed by atoms with E-state index in [-0.39, 0.29) is 43.3 Å². The van der Waals surface area contributed by atoms with Crippen LogP contribution in [0, 0.1) is 0 Å². The standard InChI is InChI=1S/C15H21N3O3S/c1-11(2)18-7-6-17(9-14(18)20)13(19)3-5-16-15(21)12-4-8-22-10-12/h4,8,10-11H,3,5-7,9H2,1-2H3,(H,16,21). The van der Waals surface area contributed by atoms with Gasteiger partial charge in [0.05, 0.1) is 6.54 Å². The fraction of sp³-hybridized carbons (Fsp3) is 0.533. The number of piperazine rings is 1. The third-order valence-electron chi connectivity index (χ3n) is 3.64. The van der Waals surface area contributed by atoms with Gasteiger partial charge in [-0.2, -0.15) is 11.3 Å². The SMILES string of the molecule is CC(C)N1CCN(C(=O)CCNC(=O)c2ccsc2)CC1=O. The predicted molar refractivity (Wildman–Crippen MR) is 84.7 cm³/mol. The summed E-state index contributed by atoms with van der Waals surface area (Å²) >= 11 is 1.45. The highest BCUT2D eigenvalue weighted by Crippen LogP contribution is 2.09. The molecule has 1 aliphatic heterocycles. The van der Waals surface area contributed by atoms with E-state index < -0.39 is 0 Å². The number of hydrogen-bond acceptors (Lipinski definition) is 4. The van der Waals surface area contributed by atoms with Crippen LogP contribution >= 0.6 is 11.3 Å². The molecule has 0 unspecified atom stereocenters. The van der Waals surface area contributed by atoms with Crippen molar-refractivity contribution in [3.05, 3.63) is 22.4 Å². The molecule has 22 heavy (non-hydrogen) atoms. The lowest BCUT2D eigenvalue weighted by Gasteiger charge is -2.36. The number of carbonyl (C=O) groups excluding carboxylic acids is 3. The quantitative estimate of drug-likeness (QED) is 0.877. The summed E-state index contributed by atoms with van der Waals surface area (Å²) in [5.41, 5.74) is 0.609. The first kappa shape index (κ1) is 16.5.